The Balaban J connectivity index is 1.84. The van der Waals surface area contributed by atoms with Crippen molar-refractivity contribution in [2.24, 2.45) is 0 Å². The van der Waals surface area contributed by atoms with E-state index in [4.69, 9.17) is 4.74 Å². The summed E-state index contributed by atoms with van der Waals surface area (Å²) in [7, 11) is 0. The summed E-state index contributed by atoms with van der Waals surface area (Å²) in [5, 5.41) is 3.61. The summed E-state index contributed by atoms with van der Waals surface area (Å²) >= 11 is 0. The molecular formula is C14H12F3N5O2. The molecule has 0 saturated carbocycles. The highest BCUT2D eigenvalue weighted by atomic mass is 19.4. The van der Waals surface area contributed by atoms with Crippen molar-refractivity contribution in [2.45, 2.75) is 31.7 Å². The topological polar surface area (TPSA) is 74.3 Å². The molecule has 0 bridgehead atoms. The molecule has 0 amide bonds. The van der Waals surface area contributed by atoms with Gasteiger partial charge in [-0.2, -0.15) is 22.7 Å². The molecule has 3 aromatic heterocycles. The van der Waals surface area contributed by atoms with Crippen molar-refractivity contribution in [1.82, 2.24) is 24.1 Å². The van der Waals surface area contributed by atoms with Crippen LogP contribution in [0.1, 0.15) is 18.7 Å². The Hall–Kier alpha value is -2.49. The fourth-order valence-electron chi connectivity index (χ4n) is 2.83. The highest BCUT2D eigenvalue weighted by molar-refractivity contribution is 5.78. The van der Waals surface area contributed by atoms with Gasteiger partial charge in [-0.1, -0.05) is 0 Å². The molecule has 0 aliphatic carbocycles. The average molecular weight is 339 g/mol. The minimum Gasteiger partial charge on any atom is -0.376 e. The Morgan fingerprint density at radius 1 is 1.38 bits per heavy atom. The van der Waals surface area contributed by atoms with Gasteiger partial charge in [0.05, 0.1) is 23.6 Å². The van der Waals surface area contributed by atoms with Gasteiger partial charge in [0.25, 0.3) is 17.2 Å². The van der Waals surface area contributed by atoms with Crippen LogP contribution in [0.5, 0.6) is 0 Å². The molecule has 0 aromatic carbocycles. The van der Waals surface area contributed by atoms with E-state index >= 15 is 0 Å². The van der Waals surface area contributed by atoms with Crippen molar-refractivity contribution in [3.63, 3.8) is 0 Å². The van der Waals surface area contributed by atoms with Crippen molar-refractivity contribution in [2.75, 3.05) is 6.61 Å². The summed E-state index contributed by atoms with van der Waals surface area (Å²) in [6.07, 6.45) is -0.114. The first-order valence-electron chi connectivity index (χ1n) is 7.37. The predicted octanol–water partition coefficient (Wildman–Crippen LogP) is 1.64. The first-order chi connectivity index (χ1) is 11.4. The van der Waals surface area contributed by atoms with E-state index in [1.165, 1.54) is 23.0 Å². The smallest absolute Gasteiger partial charge is 0.376 e. The highest BCUT2D eigenvalue weighted by Gasteiger charge is 2.36. The molecule has 1 saturated heterocycles. The number of rotatable bonds is 2. The summed E-state index contributed by atoms with van der Waals surface area (Å²) in [4.78, 5) is 19.7. The molecule has 1 unspecified atom stereocenters. The van der Waals surface area contributed by atoms with E-state index in [-0.39, 0.29) is 28.3 Å². The third-order valence-electron chi connectivity index (χ3n) is 3.98. The third kappa shape index (κ3) is 2.42. The first-order valence-corrected chi connectivity index (χ1v) is 7.37. The molecule has 0 N–H and O–H groups in total. The van der Waals surface area contributed by atoms with Gasteiger partial charge in [0.15, 0.2) is 0 Å². The van der Waals surface area contributed by atoms with Gasteiger partial charge in [-0.25, -0.2) is 4.98 Å². The van der Waals surface area contributed by atoms with E-state index in [9.17, 15) is 18.0 Å². The van der Waals surface area contributed by atoms with Gasteiger partial charge in [-0.3, -0.25) is 4.79 Å². The van der Waals surface area contributed by atoms with Gasteiger partial charge in [0.2, 0.25) is 0 Å². The molecular weight excluding hydrogens is 327 g/mol. The van der Waals surface area contributed by atoms with Crippen LogP contribution in [0.4, 0.5) is 13.2 Å². The molecule has 4 heterocycles. The SMILES string of the molecule is O=c1c2cnc3nc(C(F)(F)F)nn3c2ccn1CC1CCCO1. The number of ether oxygens (including phenoxy) is 1. The fourth-order valence-corrected chi connectivity index (χ4v) is 2.83. The zero-order valence-electron chi connectivity index (χ0n) is 12.3. The van der Waals surface area contributed by atoms with Crippen LogP contribution in [0.25, 0.3) is 16.7 Å². The van der Waals surface area contributed by atoms with Crippen LogP contribution < -0.4 is 5.56 Å². The molecule has 4 rings (SSSR count). The lowest BCUT2D eigenvalue weighted by Crippen LogP contribution is -2.26. The molecule has 0 radical (unpaired) electrons. The van der Waals surface area contributed by atoms with Crippen molar-refractivity contribution < 1.29 is 17.9 Å². The average Bonchev–Trinajstić information content (AvgIpc) is 3.18. The maximum absolute atomic E-state index is 12.8. The van der Waals surface area contributed by atoms with E-state index in [0.717, 1.165) is 17.4 Å². The van der Waals surface area contributed by atoms with Crippen LogP contribution >= 0.6 is 0 Å². The van der Waals surface area contributed by atoms with Crippen LogP contribution in [0.15, 0.2) is 23.3 Å². The van der Waals surface area contributed by atoms with Gasteiger partial charge >= 0.3 is 6.18 Å². The molecule has 1 aliphatic rings. The summed E-state index contributed by atoms with van der Waals surface area (Å²) in [5.74, 6) is -1.49. The lowest BCUT2D eigenvalue weighted by atomic mass is 10.2. The summed E-state index contributed by atoms with van der Waals surface area (Å²) in [6.45, 7) is 1.08. The molecule has 1 aliphatic heterocycles. The van der Waals surface area contributed by atoms with Gasteiger partial charge in [-0.15, -0.1) is 5.10 Å². The Morgan fingerprint density at radius 3 is 2.92 bits per heavy atom. The lowest BCUT2D eigenvalue weighted by Gasteiger charge is -2.12. The number of halogens is 3. The van der Waals surface area contributed by atoms with Crippen molar-refractivity contribution in [3.8, 4) is 0 Å². The molecule has 3 aromatic rings. The third-order valence-corrected chi connectivity index (χ3v) is 3.98. The Kier molecular flexibility index (Phi) is 3.30. The van der Waals surface area contributed by atoms with Gasteiger partial charge in [-0.05, 0) is 18.9 Å². The normalized spacial score (nSPS) is 18.7. The van der Waals surface area contributed by atoms with Gasteiger partial charge < -0.3 is 9.30 Å². The molecule has 10 heteroatoms. The largest absolute Gasteiger partial charge is 0.453 e. The first kappa shape index (κ1) is 15.1. The molecule has 1 fully saturated rings. The number of hydrogen-bond donors (Lipinski definition) is 0. The Bertz CT molecular complexity index is 972. The molecule has 24 heavy (non-hydrogen) atoms. The molecule has 1 atom stereocenters. The number of alkyl halides is 3. The van der Waals surface area contributed by atoms with E-state index < -0.39 is 12.0 Å². The van der Waals surface area contributed by atoms with Crippen molar-refractivity contribution >= 4 is 16.7 Å². The zero-order valence-corrected chi connectivity index (χ0v) is 12.3. The summed E-state index contributed by atoms with van der Waals surface area (Å²) in [6, 6.07) is 1.54. The number of fused-ring (bicyclic) bond motifs is 3. The molecule has 0 spiro atoms. The van der Waals surface area contributed by atoms with Crippen LogP contribution in [0, 0.1) is 0 Å². The van der Waals surface area contributed by atoms with Crippen LogP contribution in [0.3, 0.4) is 0 Å². The van der Waals surface area contributed by atoms with Crippen molar-refractivity contribution in [1.29, 1.82) is 0 Å². The monoisotopic (exact) mass is 339 g/mol. The number of pyridine rings is 1. The number of aromatic nitrogens is 5. The van der Waals surface area contributed by atoms with E-state index in [1.807, 2.05) is 0 Å². The minimum absolute atomic E-state index is 0.0277. The maximum Gasteiger partial charge on any atom is 0.453 e. The van der Waals surface area contributed by atoms with Crippen LogP contribution in [-0.2, 0) is 17.5 Å². The Labute approximate surface area is 132 Å². The molecule has 126 valence electrons. The predicted molar refractivity (Wildman–Crippen MR) is 76.5 cm³/mol. The Morgan fingerprint density at radius 2 is 2.21 bits per heavy atom. The van der Waals surface area contributed by atoms with E-state index in [0.29, 0.717) is 13.2 Å². The van der Waals surface area contributed by atoms with E-state index in [2.05, 4.69) is 15.1 Å². The molecule has 7 nitrogen and oxygen atoms in total. The number of nitrogens with zero attached hydrogens (tertiary/aromatic N) is 5. The van der Waals surface area contributed by atoms with Gasteiger partial charge in [0, 0.05) is 19.0 Å². The summed E-state index contributed by atoms with van der Waals surface area (Å²) < 4.78 is 46.2. The standard InChI is InChI=1S/C14H12F3N5O2/c15-14(16,17)12-19-13-18-6-9-10(22(13)20-12)3-4-21(11(9)23)7-8-2-1-5-24-8/h3-4,6,8H,1-2,5,7H2. The summed E-state index contributed by atoms with van der Waals surface area (Å²) in [5.41, 5.74) is -0.113. The highest BCUT2D eigenvalue weighted by Crippen LogP contribution is 2.26. The second-order valence-electron chi connectivity index (χ2n) is 5.61. The number of hydrogen-bond acceptors (Lipinski definition) is 5. The van der Waals surface area contributed by atoms with Crippen LogP contribution in [0.2, 0.25) is 0 Å². The van der Waals surface area contributed by atoms with Gasteiger partial charge in [0.1, 0.15) is 0 Å². The zero-order chi connectivity index (χ0) is 16.9. The van der Waals surface area contributed by atoms with Crippen LogP contribution in [-0.4, -0.2) is 36.9 Å². The lowest BCUT2D eigenvalue weighted by molar-refractivity contribution is -0.144. The van der Waals surface area contributed by atoms with E-state index in [1.54, 1.807) is 0 Å². The maximum atomic E-state index is 12.8. The quantitative estimate of drug-likeness (QED) is 0.710. The second kappa shape index (κ2) is 5.26. The second-order valence-corrected chi connectivity index (χ2v) is 5.61. The van der Waals surface area contributed by atoms with Crippen molar-refractivity contribution in [3.05, 3.63) is 34.6 Å². The minimum atomic E-state index is -4.67. The fraction of sp³-hybridized carbons (Fsp3) is 0.429.